The molecular formula is C12H25NO2Si. The van der Waals surface area contributed by atoms with Gasteiger partial charge in [0.2, 0.25) is 0 Å². The highest BCUT2D eigenvalue weighted by Gasteiger charge is 2.43. The lowest BCUT2D eigenvalue weighted by Gasteiger charge is -2.47. The number of hydrogen-bond donors (Lipinski definition) is 0. The Morgan fingerprint density at radius 3 is 2.44 bits per heavy atom. The standard InChI is InChI=1S/C12H25NO2Si/c1-13-9-8-10-6-4-5-7-11(10)12(13)16(14-2)15-3/h10-12,16H,4-9H2,1-3H3. The van der Waals surface area contributed by atoms with Crippen molar-refractivity contribution in [3.05, 3.63) is 0 Å². The molecule has 16 heavy (non-hydrogen) atoms. The average Bonchev–Trinajstić information content (AvgIpc) is 2.33. The van der Waals surface area contributed by atoms with Crippen LogP contribution in [0.2, 0.25) is 0 Å². The first-order valence-corrected chi connectivity index (χ1v) is 8.14. The highest BCUT2D eigenvalue weighted by atomic mass is 28.3. The fourth-order valence-electron chi connectivity index (χ4n) is 3.67. The van der Waals surface area contributed by atoms with Gasteiger partial charge in [0.05, 0.1) is 5.67 Å². The minimum absolute atomic E-state index is 0.592. The van der Waals surface area contributed by atoms with Crippen LogP contribution in [0.25, 0.3) is 0 Å². The third kappa shape index (κ3) is 2.35. The zero-order valence-corrected chi connectivity index (χ0v) is 12.0. The first-order valence-electron chi connectivity index (χ1n) is 6.53. The number of fused-ring (bicyclic) bond motifs is 1. The summed E-state index contributed by atoms with van der Waals surface area (Å²) in [5, 5.41) is 0. The second kappa shape index (κ2) is 5.62. The molecule has 0 aromatic rings. The molecule has 2 fully saturated rings. The van der Waals surface area contributed by atoms with Crippen LogP contribution in [-0.4, -0.2) is 47.7 Å². The predicted molar refractivity (Wildman–Crippen MR) is 67.7 cm³/mol. The molecule has 94 valence electrons. The smallest absolute Gasteiger partial charge is 0.338 e. The van der Waals surface area contributed by atoms with Crippen molar-refractivity contribution in [2.75, 3.05) is 27.8 Å². The number of rotatable bonds is 3. The topological polar surface area (TPSA) is 21.7 Å². The van der Waals surface area contributed by atoms with Gasteiger partial charge in [-0.25, -0.2) is 0 Å². The third-order valence-electron chi connectivity index (χ3n) is 4.51. The van der Waals surface area contributed by atoms with Crippen LogP contribution in [0.5, 0.6) is 0 Å². The van der Waals surface area contributed by atoms with E-state index in [9.17, 15) is 0 Å². The van der Waals surface area contributed by atoms with Gasteiger partial charge in [-0.1, -0.05) is 19.3 Å². The average molecular weight is 243 g/mol. The molecule has 1 aliphatic carbocycles. The summed E-state index contributed by atoms with van der Waals surface area (Å²) in [6.07, 6.45) is 7.04. The van der Waals surface area contributed by atoms with E-state index in [-0.39, 0.29) is 0 Å². The monoisotopic (exact) mass is 243 g/mol. The second-order valence-corrected chi connectivity index (χ2v) is 7.67. The van der Waals surface area contributed by atoms with Gasteiger partial charge in [0.15, 0.2) is 0 Å². The molecule has 1 saturated carbocycles. The van der Waals surface area contributed by atoms with Gasteiger partial charge < -0.3 is 13.8 Å². The molecule has 0 bridgehead atoms. The van der Waals surface area contributed by atoms with Gasteiger partial charge in [0, 0.05) is 14.2 Å². The van der Waals surface area contributed by atoms with Crippen LogP contribution < -0.4 is 0 Å². The molecule has 1 aliphatic heterocycles. The Bertz CT molecular complexity index is 223. The van der Waals surface area contributed by atoms with Crippen LogP contribution in [0.3, 0.4) is 0 Å². The van der Waals surface area contributed by atoms with Gasteiger partial charge in [0.1, 0.15) is 0 Å². The molecule has 0 N–H and O–H groups in total. The van der Waals surface area contributed by atoms with E-state index in [2.05, 4.69) is 11.9 Å². The third-order valence-corrected chi connectivity index (χ3v) is 7.00. The van der Waals surface area contributed by atoms with E-state index >= 15 is 0 Å². The zero-order valence-electron chi connectivity index (χ0n) is 10.8. The summed E-state index contributed by atoms with van der Waals surface area (Å²) in [6, 6.07) is 0. The van der Waals surface area contributed by atoms with E-state index in [4.69, 9.17) is 8.85 Å². The molecule has 3 atom stereocenters. The molecule has 1 heterocycles. The van der Waals surface area contributed by atoms with Gasteiger partial charge in [0.25, 0.3) is 0 Å². The molecule has 0 aromatic heterocycles. The molecule has 0 aromatic carbocycles. The number of nitrogens with zero attached hydrogens (tertiary/aromatic N) is 1. The van der Waals surface area contributed by atoms with Crippen molar-refractivity contribution in [3.8, 4) is 0 Å². The Morgan fingerprint density at radius 1 is 1.06 bits per heavy atom. The lowest BCUT2D eigenvalue weighted by molar-refractivity contribution is 0.0558. The maximum atomic E-state index is 5.63. The van der Waals surface area contributed by atoms with E-state index in [1.807, 2.05) is 14.2 Å². The fraction of sp³-hybridized carbons (Fsp3) is 1.00. The SMILES string of the molecule is CO[SiH](OC)C1C2CCCCC2CCN1C. The van der Waals surface area contributed by atoms with E-state index in [0.717, 1.165) is 11.8 Å². The maximum Gasteiger partial charge on any atom is 0.338 e. The molecular weight excluding hydrogens is 218 g/mol. The first-order chi connectivity index (χ1) is 7.77. The molecule has 3 unspecified atom stereocenters. The van der Waals surface area contributed by atoms with Crippen LogP contribution in [0.1, 0.15) is 32.1 Å². The summed E-state index contributed by atoms with van der Waals surface area (Å²) in [4.78, 5) is 2.50. The lowest BCUT2D eigenvalue weighted by atomic mass is 9.75. The van der Waals surface area contributed by atoms with Gasteiger partial charge >= 0.3 is 9.28 Å². The molecule has 3 nitrogen and oxygen atoms in total. The van der Waals surface area contributed by atoms with Crippen molar-refractivity contribution in [2.24, 2.45) is 11.8 Å². The highest BCUT2D eigenvalue weighted by Crippen LogP contribution is 2.40. The molecule has 2 rings (SSSR count). The summed E-state index contributed by atoms with van der Waals surface area (Å²) >= 11 is 0. The summed E-state index contributed by atoms with van der Waals surface area (Å²) in [5.74, 6) is 1.78. The van der Waals surface area contributed by atoms with E-state index in [1.54, 1.807) is 0 Å². The largest absolute Gasteiger partial charge is 0.399 e. The molecule has 4 heteroatoms. The minimum Gasteiger partial charge on any atom is -0.399 e. The molecule has 0 radical (unpaired) electrons. The summed E-state index contributed by atoms with van der Waals surface area (Å²) in [7, 11) is 4.38. The predicted octanol–water partition coefficient (Wildman–Crippen LogP) is 1.55. The molecule has 1 saturated heterocycles. The highest BCUT2D eigenvalue weighted by molar-refractivity contribution is 6.46. The Labute approximate surface area is 101 Å². The number of likely N-dealkylation sites (tertiary alicyclic amines) is 1. The fourth-order valence-corrected chi connectivity index (χ4v) is 5.90. The Balaban J connectivity index is 2.10. The lowest BCUT2D eigenvalue weighted by Crippen LogP contribution is -2.57. The van der Waals surface area contributed by atoms with Crippen LogP contribution >= 0.6 is 0 Å². The van der Waals surface area contributed by atoms with Crippen LogP contribution in [0.4, 0.5) is 0 Å². The Morgan fingerprint density at radius 2 is 1.75 bits per heavy atom. The molecule has 0 spiro atoms. The van der Waals surface area contributed by atoms with Crippen molar-refractivity contribution in [2.45, 2.75) is 37.8 Å². The number of piperidine rings is 1. The molecule has 0 amide bonds. The maximum absolute atomic E-state index is 5.63. The van der Waals surface area contributed by atoms with Crippen LogP contribution in [0.15, 0.2) is 0 Å². The first kappa shape index (κ1) is 12.6. The quantitative estimate of drug-likeness (QED) is 0.702. The number of hydrogen-bond acceptors (Lipinski definition) is 3. The van der Waals surface area contributed by atoms with Crippen molar-refractivity contribution in [1.82, 2.24) is 4.90 Å². The van der Waals surface area contributed by atoms with Crippen LogP contribution in [-0.2, 0) is 8.85 Å². The van der Waals surface area contributed by atoms with Crippen molar-refractivity contribution < 1.29 is 8.85 Å². The van der Waals surface area contributed by atoms with Gasteiger partial charge in [-0.15, -0.1) is 0 Å². The van der Waals surface area contributed by atoms with Gasteiger partial charge in [-0.3, -0.25) is 0 Å². The summed E-state index contributed by atoms with van der Waals surface area (Å²) in [6.45, 7) is 1.22. The van der Waals surface area contributed by atoms with Gasteiger partial charge in [-0.05, 0) is 38.3 Å². The normalized spacial score (nSPS) is 36.4. The van der Waals surface area contributed by atoms with Crippen LogP contribution in [0, 0.1) is 11.8 Å². The van der Waals surface area contributed by atoms with Gasteiger partial charge in [-0.2, -0.15) is 0 Å². The second-order valence-electron chi connectivity index (χ2n) is 5.31. The summed E-state index contributed by atoms with van der Waals surface area (Å²) < 4.78 is 11.3. The van der Waals surface area contributed by atoms with Crippen molar-refractivity contribution in [1.29, 1.82) is 0 Å². The van der Waals surface area contributed by atoms with Crippen molar-refractivity contribution in [3.63, 3.8) is 0 Å². The van der Waals surface area contributed by atoms with E-state index < -0.39 is 9.28 Å². The summed E-state index contributed by atoms with van der Waals surface area (Å²) in [5.41, 5.74) is 0.592. The Hall–Kier alpha value is 0.0969. The van der Waals surface area contributed by atoms with Crippen molar-refractivity contribution >= 4 is 9.28 Å². The van der Waals surface area contributed by atoms with E-state index in [0.29, 0.717) is 5.67 Å². The van der Waals surface area contributed by atoms with E-state index in [1.165, 1.54) is 38.6 Å². The minimum atomic E-state index is -1.50. The Kier molecular flexibility index (Phi) is 4.41. The molecule has 2 aliphatic rings. The zero-order chi connectivity index (χ0) is 11.5.